The van der Waals surface area contributed by atoms with Gasteiger partial charge in [-0.15, -0.1) is 29.1 Å². The van der Waals surface area contributed by atoms with E-state index in [4.69, 9.17) is 20.3 Å². The zero-order chi connectivity index (χ0) is 30.8. The van der Waals surface area contributed by atoms with Crippen LogP contribution in [0.25, 0.3) is 61.0 Å². The number of para-hydroxylation sites is 1. The minimum atomic E-state index is -0.0962. The largest absolute Gasteiger partial charge is 2.00 e. The van der Waals surface area contributed by atoms with Crippen LogP contribution in [-0.2, 0) is 26.5 Å². The number of hydrogen-bond acceptors (Lipinski definition) is 3. The molecule has 3 heterocycles. The zero-order valence-corrected chi connectivity index (χ0v) is 28.2. The molecule has 0 saturated heterocycles. The van der Waals surface area contributed by atoms with Crippen molar-refractivity contribution < 1.29 is 21.1 Å². The van der Waals surface area contributed by atoms with Gasteiger partial charge in [0, 0.05) is 11.8 Å². The van der Waals surface area contributed by atoms with Crippen LogP contribution in [0.3, 0.4) is 0 Å². The topological polar surface area (TPSA) is 52.8 Å². The summed E-state index contributed by atoms with van der Waals surface area (Å²) in [4.78, 5) is 14.8. The van der Waals surface area contributed by atoms with Gasteiger partial charge in [0.25, 0.3) is 0 Å². The minimum Gasteiger partial charge on any atom is -0.442 e. The van der Waals surface area contributed by atoms with E-state index in [1.807, 2.05) is 67.0 Å². The second-order valence-electron chi connectivity index (χ2n) is 12.1. The van der Waals surface area contributed by atoms with E-state index < -0.39 is 0 Å². The molecule has 0 amide bonds. The van der Waals surface area contributed by atoms with Gasteiger partial charge in [-0.05, 0) is 69.1 Å². The molecule has 0 aliphatic carbocycles. The SMILES string of the molecule is CC(C)(C)c1cnc([N-]c2ccccc2-c2cc(-c3ccccc3)ccn2)c(-c2cccc(-c3[c-]ccc4ccccc34)n2)c1.[Pt+2]. The van der Waals surface area contributed by atoms with Gasteiger partial charge in [-0.3, -0.25) is 9.97 Å². The fraction of sp³-hybridized carbons (Fsp3) is 0.0976. The Labute approximate surface area is 284 Å². The summed E-state index contributed by atoms with van der Waals surface area (Å²) in [5.41, 5.74) is 9.39. The van der Waals surface area contributed by atoms with Crippen LogP contribution < -0.4 is 0 Å². The molecule has 0 unspecified atom stereocenters. The summed E-state index contributed by atoms with van der Waals surface area (Å²) < 4.78 is 0. The van der Waals surface area contributed by atoms with Crippen molar-refractivity contribution in [3.8, 4) is 44.9 Å². The Balaban J connectivity index is 0.00000372. The van der Waals surface area contributed by atoms with Crippen LogP contribution in [0.5, 0.6) is 0 Å². The molecular weight excluding hydrogens is 744 g/mol. The summed E-state index contributed by atoms with van der Waals surface area (Å²) in [6.07, 6.45) is 3.79. The molecule has 0 aliphatic rings. The van der Waals surface area contributed by atoms with E-state index in [1.165, 1.54) is 0 Å². The minimum absolute atomic E-state index is 0. The average Bonchev–Trinajstić information content (AvgIpc) is 3.08. The van der Waals surface area contributed by atoms with E-state index >= 15 is 0 Å². The van der Waals surface area contributed by atoms with Crippen LogP contribution in [0.4, 0.5) is 11.5 Å². The molecule has 7 rings (SSSR count). The Morgan fingerprint density at radius 2 is 1.39 bits per heavy atom. The summed E-state index contributed by atoms with van der Waals surface area (Å²) in [6, 6.07) is 46.7. The monoisotopic (exact) mass is 775 g/mol. The Kier molecular flexibility index (Phi) is 8.92. The van der Waals surface area contributed by atoms with Gasteiger partial charge in [0.1, 0.15) is 0 Å². The van der Waals surface area contributed by atoms with Crippen molar-refractivity contribution in [3.05, 3.63) is 157 Å². The van der Waals surface area contributed by atoms with Crippen molar-refractivity contribution in [3.63, 3.8) is 0 Å². The van der Waals surface area contributed by atoms with Gasteiger partial charge in [-0.25, -0.2) is 0 Å². The van der Waals surface area contributed by atoms with E-state index in [9.17, 15) is 0 Å². The first-order valence-electron chi connectivity index (χ1n) is 15.1. The molecule has 0 radical (unpaired) electrons. The summed E-state index contributed by atoms with van der Waals surface area (Å²) in [7, 11) is 0. The van der Waals surface area contributed by atoms with Crippen molar-refractivity contribution >= 4 is 22.3 Å². The molecule has 3 aromatic heterocycles. The molecule has 4 nitrogen and oxygen atoms in total. The van der Waals surface area contributed by atoms with Crippen LogP contribution in [0.1, 0.15) is 26.3 Å². The number of benzene rings is 4. The quantitative estimate of drug-likeness (QED) is 0.158. The number of rotatable bonds is 6. The van der Waals surface area contributed by atoms with E-state index in [0.717, 1.165) is 66.9 Å². The van der Waals surface area contributed by atoms with Crippen LogP contribution in [-0.4, -0.2) is 15.0 Å². The fourth-order valence-electron chi connectivity index (χ4n) is 5.53. The van der Waals surface area contributed by atoms with E-state index in [-0.39, 0.29) is 26.5 Å². The Hall–Kier alpha value is -4.92. The third-order valence-electron chi connectivity index (χ3n) is 8.01. The summed E-state index contributed by atoms with van der Waals surface area (Å²) >= 11 is 0. The van der Waals surface area contributed by atoms with E-state index in [0.29, 0.717) is 5.82 Å². The average molecular weight is 776 g/mol. The second kappa shape index (κ2) is 13.2. The first-order valence-corrected chi connectivity index (χ1v) is 15.1. The van der Waals surface area contributed by atoms with Gasteiger partial charge in [-0.1, -0.05) is 123 Å². The Morgan fingerprint density at radius 3 is 2.24 bits per heavy atom. The number of hydrogen-bond donors (Lipinski definition) is 0. The summed E-state index contributed by atoms with van der Waals surface area (Å²) in [6.45, 7) is 6.58. The van der Waals surface area contributed by atoms with Crippen LogP contribution in [0.15, 0.2) is 140 Å². The van der Waals surface area contributed by atoms with E-state index in [2.05, 4.69) is 99.6 Å². The summed E-state index contributed by atoms with van der Waals surface area (Å²) in [5, 5.41) is 7.45. The maximum Gasteiger partial charge on any atom is 2.00 e. The summed E-state index contributed by atoms with van der Waals surface area (Å²) in [5.74, 6) is 0.612. The van der Waals surface area contributed by atoms with E-state index in [1.54, 1.807) is 0 Å². The number of fused-ring (bicyclic) bond motifs is 1. The molecule has 7 aromatic rings. The maximum atomic E-state index is 5.17. The molecule has 0 N–H and O–H groups in total. The van der Waals surface area contributed by atoms with Crippen molar-refractivity contribution in [2.75, 3.05) is 0 Å². The maximum absolute atomic E-state index is 5.17. The molecular formula is C41H32N4Pt. The normalized spacial score (nSPS) is 11.2. The molecule has 0 fully saturated rings. The van der Waals surface area contributed by atoms with Gasteiger partial charge in [0.2, 0.25) is 0 Å². The van der Waals surface area contributed by atoms with Gasteiger partial charge in [0.05, 0.1) is 11.4 Å². The predicted octanol–water partition coefficient (Wildman–Crippen LogP) is 11.1. The smallest absolute Gasteiger partial charge is 0.442 e. The van der Waals surface area contributed by atoms with Gasteiger partial charge < -0.3 is 10.3 Å². The van der Waals surface area contributed by atoms with Crippen molar-refractivity contribution in [1.29, 1.82) is 0 Å². The van der Waals surface area contributed by atoms with Crippen LogP contribution >= 0.6 is 0 Å². The van der Waals surface area contributed by atoms with Gasteiger partial charge in [0.15, 0.2) is 0 Å². The first kappa shape index (κ1) is 31.1. The van der Waals surface area contributed by atoms with Crippen LogP contribution in [0, 0.1) is 6.07 Å². The predicted molar refractivity (Wildman–Crippen MR) is 186 cm³/mol. The molecule has 0 atom stereocenters. The number of pyridine rings is 3. The van der Waals surface area contributed by atoms with Crippen molar-refractivity contribution in [2.24, 2.45) is 0 Å². The number of aromatic nitrogens is 3. The molecule has 5 heteroatoms. The molecule has 4 aromatic carbocycles. The Bertz CT molecular complexity index is 2130. The molecule has 226 valence electrons. The van der Waals surface area contributed by atoms with Crippen LogP contribution in [0.2, 0.25) is 0 Å². The zero-order valence-electron chi connectivity index (χ0n) is 25.9. The Morgan fingerprint density at radius 1 is 0.630 bits per heavy atom. The molecule has 0 bridgehead atoms. The third kappa shape index (κ3) is 6.40. The fourth-order valence-corrected chi connectivity index (χ4v) is 5.53. The van der Waals surface area contributed by atoms with Crippen molar-refractivity contribution in [2.45, 2.75) is 26.2 Å². The molecule has 0 spiro atoms. The molecule has 46 heavy (non-hydrogen) atoms. The van der Waals surface area contributed by atoms with Crippen molar-refractivity contribution in [1.82, 2.24) is 15.0 Å². The molecule has 0 saturated carbocycles. The second-order valence-corrected chi connectivity index (χ2v) is 12.1. The third-order valence-corrected chi connectivity index (χ3v) is 8.01. The standard InChI is InChI=1S/C41H32N4.Pt/c1-41(2,3)31-26-35(38-22-12-21-36(44-38)33-19-11-16-29-15-7-8-17-32(29)33)40(43-27-31)45-37-20-10-9-18-34(37)39-25-30(23-24-42-39)28-13-5-4-6-14-28;/h4-18,20-27H,1-3H3;/q-2;+2. The number of nitrogens with zero attached hydrogens (tertiary/aromatic N) is 4. The molecule has 0 aliphatic heterocycles. The van der Waals surface area contributed by atoms with Gasteiger partial charge in [-0.2, -0.15) is 0 Å². The first-order chi connectivity index (χ1) is 21.9. The van der Waals surface area contributed by atoms with Gasteiger partial charge >= 0.3 is 21.1 Å².